The Balaban J connectivity index is -0.000000258. The van der Waals surface area contributed by atoms with Crippen LogP contribution in [0.1, 0.15) is 54.5 Å². The third-order valence-corrected chi connectivity index (χ3v) is 1.60. The lowest BCUT2D eigenvalue weighted by Crippen LogP contribution is -1.88. The summed E-state index contributed by atoms with van der Waals surface area (Å²) in [6, 6.07) is 8.02. The number of anilines is 1. The van der Waals surface area contributed by atoms with Crippen LogP contribution in [0.15, 0.2) is 24.3 Å². The fourth-order valence-electron chi connectivity index (χ4n) is 0.881. The lowest BCUT2D eigenvalue weighted by molar-refractivity contribution is 0.867. The molecule has 0 saturated carbocycles. The number of hydrogen-bond acceptors (Lipinski definition) is 1. The number of nitrogen functional groups attached to an aromatic ring is 1. The zero-order valence-corrected chi connectivity index (χ0v) is 10.5. The summed E-state index contributed by atoms with van der Waals surface area (Å²) in [4.78, 5) is 0. The van der Waals surface area contributed by atoms with E-state index in [0.717, 1.165) is 5.69 Å². The van der Waals surface area contributed by atoms with Crippen molar-refractivity contribution in [3.05, 3.63) is 29.8 Å². The van der Waals surface area contributed by atoms with E-state index < -0.39 is 0 Å². The first-order valence-corrected chi connectivity index (χ1v) is 5.55. The van der Waals surface area contributed by atoms with Gasteiger partial charge in [-0.05, 0) is 23.6 Å². The molecule has 14 heavy (non-hydrogen) atoms. The van der Waals surface area contributed by atoms with Crippen LogP contribution in [0, 0.1) is 0 Å². The highest BCUT2D eigenvalue weighted by Gasteiger charge is 1.95. The SMILES string of the molecule is CC.CC.CC(C)c1ccc(N)cc1.[HH]. The highest BCUT2D eigenvalue weighted by molar-refractivity contribution is 5.39. The van der Waals surface area contributed by atoms with E-state index in [0.29, 0.717) is 5.92 Å². The van der Waals surface area contributed by atoms with Crippen LogP contribution in [0.4, 0.5) is 5.69 Å². The molecule has 0 aromatic heterocycles. The van der Waals surface area contributed by atoms with Crippen molar-refractivity contribution in [2.45, 2.75) is 47.5 Å². The van der Waals surface area contributed by atoms with Gasteiger partial charge in [0.25, 0.3) is 0 Å². The molecule has 2 N–H and O–H groups in total. The van der Waals surface area contributed by atoms with Gasteiger partial charge in [-0.3, -0.25) is 0 Å². The van der Waals surface area contributed by atoms with Gasteiger partial charge < -0.3 is 5.73 Å². The molecular weight excluding hydrogens is 170 g/mol. The predicted molar refractivity (Wildman–Crippen MR) is 69.8 cm³/mol. The largest absolute Gasteiger partial charge is 0.399 e. The molecule has 1 aromatic carbocycles. The number of nitrogens with two attached hydrogens (primary N) is 1. The maximum Gasteiger partial charge on any atom is 0.0314 e. The molecule has 1 rings (SSSR count). The molecule has 0 bridgehead atoms. The van der Waals surface area contributed by atoms with Gasteiger partial charge in [-0.25, -0.2) is 0 Å². The van der Waals surface area contributed by atoms with E-state index in [1.54, 1.807) is 0 Å². The molecule has 0 atom stereocenters. The first-order valence-electron chi connectivity index (χ1n) is 5.55. The molecule has 0 spiro atoms. The topological polar surface area (TPSA) is 26.0 Å². The smallest absolute Gasteiger partial charge is 0.0314 e. The lowest BCUT2D eigenvalue weighted by Gasteiger charge is -2.03. The van der Waals surface area contributed by atoms with Gasteiger partial charge >= 0.3 is 0 Å². The summed E-state index contributed by atoms with van der Waals surface area (Å²) < 4.78 is 0. The van der Waals surface area contributed by atoms with Gasteiger partial charge in [-0.1, -0.05) is 53.7 Å². The third-order valence-electron chi connectivity index (χ3n) is 1.60. The van der Waals surface area contributed by atoms with Gasteiger partial charge in [0.15, 0.2) is 0 Å². The summed E-state index contributed by atoms with van der Waals surface area (Å²) in [5, 5.41) is 0. The molecule has 0 fully saturated rings. The van der Waals surface area contributed by atoms with Crippen LogP contribution in [0.5, 0.6) is 0 Å². The Morgan fingerprint density at radius 2 is 1.29 bits per heavy atom. The molecule has 1 nitrogen and oxygen atoms in total. The molecule has 0 heterocycles. The third kappa shape index (κ3) is 6.53. The van der Waals surface area contributed by atoms with Crippen LogP contribution in [0.3, 0.4) is 0 Å². The maximum absolute atomic E-state index is 5.53. The molecule has 0 aliphatic carbocycles. The zero-order chi connectivity index (χ0) is 11.6. The minimum Gasteiger partial charge on any atom is -0.399 e. The molecule has 0 unspecified atom stereocenters. The molecule has 0 saturated heterocycles. The van der Waals surface area contributed by atoms with Crippen molar-refractivity contribution in [3.8, 4) is 0 Å². The van der Waals surface area contributed by atoms with Crippen molar-refractivity contribution in [1.82, 2.24) is 0 Å². The second-order valence-electron chi connectivity index (χ2n) is 2.82. The normalized spacial score (nSPS) is 8.21. The molecule has 0 aliphatic rings. The van der Waals surface area contributed by atoms with Crippen LogP contribution < -0.4 is 5.73 Å². The van der Waals surface area contributed by atoms with Crippen LogP contribution in [-0.4, -0.2) is 0 Å². The lowest BCUT2D eigenvalue weighted by atomic mass is 10.0. The second-order valence-corrected chi connectivity index (χ2v) is 2.82. The van der Waals surface area contributed by atoms with Gasteiger partial charge in [0, 0.05) is 7.11 Å². The first kappa shape index (κ1) is 15.5. The van der Waals surface area contributed by atoms with Crippen LogP contribution in [0.2, 0.25) is 0 Å². The fraction of sp³-hybridized carbons (Fsp3) is 0.538. The average molecular weight is 197 g/mol. The summed E-state index contributed by atoms with van der Waals surface area (Å²) in [7, 11) is 0. The van der Waals surface area contributed by atoms with Crippen molar-refractivity contribution in [1.29, 1.82) is 0 Å². The van der Waals surface area contributed by atoms with E-state index in [-0.39, 0.29) is 1.43 Å². The molecule has 1 heteroatoms. The number of hydrogen-bond donors (Lipinski definition) is 1. The van der Waals surface area contributed by atoms with Crippen LogP contribution in [0.25, 0.3) is 0 Å². The van der Waals surface area contributed by atoms with E-state index in [1.165, 1.54) is 5.56 Å². The minimum atomic E-state index is 0. The Morgan fingerprint density at radius 1 is 0.929 bits per heavy atom. The van der Waals surface area contributed by atoms with Crippen molar-refractivity contribution < 1.29 is 1.43 Å². The molecule has 0 aliphatic heterocycles. The van der Waals surface area contributed by atoms with Gasteiger partial charge in [0.05, 0.1) is 0 Å². The molecular formula is C13H27N. The fourth-order valence-corrected chi connectivity index (χ4v) is 0.881. The zero-order valence-electron chi connectivity index (χ0n) is 10.5. The van der Waals surface area contributed by atoms with Crippen molar-refractivity contribution >= 4 is 5.69 Å². The Kier molecular flexibility index (Phi) is 11.2. The average Bonchev–Trinajstić information content (AvgIpc) is 2.24. The maximum atomic E-state index is 5.53. The predicted octanol–water partition coefficient (Wildman–Crippen LogP) is 4.69. The highest BCUT2D eigenvalue weighted by atomic mass is 14.5. The van der Waals surface area contributed by atoms with E-state index in [9.17, 15) is 0 Å². The Morgan fingerprint density at radius 3 is 1.57 bits per heavy atom. The van der Waals surface area contributed by atoms with Gasteiger partial charge in [0.2, 0.25) is 0 Å². The quantitative estimate of drug-likeness (QED) is 0.649. The first-order chi connectivity index (χ1) is 6.70. The monoisotopic (exact) mass is 197 g/mol. The second kappa shape index (κ2) is 10.1. The number of benzene rings is 1. The van der Waals surface area contributed by atoms with E-state index in [2.05, 4.69) is 26.0 Å². The summed E-state index contributed by atoms with van der Waals surface area (Å²) in [5.41, 5.74) is 7.71. The molecule has 1 aromatic rings. The van der Waals surface area contributed by atoms with Crippen molar-refractivity contribution in [2.75, 3.05) is 5.73 Å². The Hall–Kier alpha value is -0.980. The summed E-state index contributed by atoms with van der Waals surface area (Å²) in [6.45, 7) is 12.3. The Labute approximate surface area is 90.8 Å². The highest BCUT2D eigenvalue weighted by Crippen LogP contribution is 2.14. The molecule has 84 valence electrons. The van der Waals surface area contributed by atoms with E-state index in [4.69, 9.17) is 5.73 Å². The molecule has 0 amide bonds. The van der Waals surface area contributed by atoms with E-state index in [1.807, 2.05) is 39.8 Å². The summed E-state index contributed by atoms with van der Waals surface area (Å²) >= 11 is 0. The number of rotatable bonds is 1. The summed E-state index contributed by atoms with van der Waals surface area (Å²) in [5.74, 6) is 0.598. The Bertz CT molecular complexity index is 204. The van der Waals surface area contributed by atoms with Crippen LogP contribution >= 0.6 is 0 Å². The standard InChI is InChI=1S/C9H13N.2C2H6.H2/c1-7(2)8-3-5-9(10)6-4-8;2*1-2;/h3-7H,10H2,1-2H3;2*1-2H3;1H. The molecule has 0 radical (unpaired) electrons. The van der Waals surface area contributed by atoms with Crippen molar-refractivity contribution in [2.24, 2.45) is 0 Å². The van der Waals surface area contributed by atoms with Crippen molar-refractivity contribution in [3.63, 3.8) is 0 Å². The van der Waals surface area contributed by atoms with E-state index >= 15 is 0 Å². The summed E-state index contributed by atoms with van der Waals surface area (Å²) in [6.07, 6.45) is 0. The van der Waals surface area contributed by atoms with Crippen LogP contribution in [-0.2, 0) is 0 Å². The van der Waals surface area contributed by atoms with Gasteiger partial charge in [-0.15, -0.1) is 0 Å². The van der Waals surface area contributed by atoms with Gasteiger partial charge in [0.1, 0.15) is 0 Å². The van der Waals surface area contributed by atoms with Gasteiger partial charge in [-0.2, -0.15) is 0 Å². The minimum absolute atomic E-state index is 0.